The van der Waals surface area contributed by atoms with Crippen molar-refractivity contribution < 1.29 is 0 Å². The molecule has 1 rings (SSSR count). The maximum absolute atomic E-state index is 3.32. The molecule has 0 radical (unpaired) electrons. The number of nitrogens with one attached hydrogen (secondary N) is 1. The maximum atomic E-state index is 3.32. The van der Waals surface area contributed by atoms with E-state index in [1.54, 1.807) is 0 Å². The summed E-state index contributed by atoms with van der Waals surface area (Å²) in [6, 6.07) is 0. The van der Waals surface area contributed by atoms with Crippen molar-refractivity contribution in [2.24, 2.45) is 11.8 Å². The fraction of sp³-hybridized carbons (Fsp3) is 0.692. The molecule has 14 heavy (non-hydrogen) atoms. The SMILES string of the molecule is C/C=C\C(=C/C(C)C)CCC1CNC1. The lowest BCUT2D eigenvalue weighted by molar-refractivity contribution is 0.328. The van der Waals surface area contributed by atoms with Crippen molar-refractivity contribution in [1.82, 2.24) is 5.32 Å². The highest BCUT2D eigenvalue weighted by molar-refractivity contribution is 5.18. The Morgan fingerprint density at radius 1 is 1.43 bits per heavy atom. The van der Waals surface area contributed by atoms with Crippen molar-refractivity contribution in [2.45, 2.75) is 33.6 Å². The fourth-order valence-electron chi connectivity index (χ4n) is 1.79. The molecule has 1 heterocycles. The molecule has 0 aromatic rings. The molecule has 1 saturated heterocycles. The Hall–Kier alpha value is -0.560. The second-order valence-corrected chi connectivity index (χ2v) is 4.55. The van der Waals surface area contributed by atoms with Crippen LogP contribution in [0.15, 0.2) is 23.8 Å². The van der Waals surface area contributed by atoms with Crippen LogP contribution in [0, 0.1) is 11.8 Å². The molecule has 0 aromatic carbocycles. The van der Waals surface area contributed by atoms with Gasteiger partial charge in [-0.15, -0.1) is 0 Å². The first-order valence-electron chi connectivity index (χ1n) is 5.76. The zero-order chi connectivity index (χ0) is 10.4. The first kappa shape index (κ1) is 11.5. The van der Waals surface area contributed by atoms with Gasteiger partial charge in [-0.25, -0.2) is 0 Å². The monoisotopic (exact) mass is 193 g/mol. The standard InChI is InChI=1S/C13H23N/c1-4-5-12(8-11(2)3)6-7-13-9-14-10-13/h4-5,8,11,13-14H,6-7,9-10H2,1-3H3/b5-4-,12-8+. The van der Waals surface area contributed by atoms with Crippen molar-refractivity contribution in [3.05, 3.63) is 23.8 Å². The molecule has 1 heteroatoms. The van der Waals surface area contributed by atoms with E-state index in [0.717, 1.165) is 5.92 Å². The largest absolute Gasteiger partial charge is 0.316 e. The quantitative estimate of drug-likeness (QED) is 0.661. The van der Waals surface area contributed by atoms with E-state index in [0.29, 0.717) is 5.92 Å². The summed E-state index contributed by atoms with van der Waals surface area (Å²) in [7, 11) is 0. The van der Waals surface area contributed by atoms with E-state index >= 15 is 0 Å². The van der Waals surface area contributed by atoms with E-state index in [-0.39, 0.29) is 0 Å². The zero-order valence-electron chi connectivity index (χ0n) is 9.72. The summed E-state index contributed by atoms with van der Waals surface area (Å²) < 4.78 is 0. The molecule has 0 atom stereocenters. The third-order valence-corrected chi connectivity index (χ3v) is 2.64. The van der Waals surface area contributed by atoms with Gasteiger partial charge in [-0.05, 0) is 44.7 Å². The third-order valence-electron chi connectivity index (χ3n) is 2.64. The lowest BCUT2D eigenvalue weighted by Gasteiger charge is -2.27. The highest BCUT2D eigenvalue weighted by Crippen LogP contribution is 2.17. The average molecular weight is 193 g/mol. The van der Waals surface area contributed by atoms with E-state index in [4.69, 9.17) is 0 Å². The number of rotatable bonds is 5. The highest BCUT2D eigenvalue weighted by Gasteiger charge is 2.15. The van der Waals surface area contributed by atoms with Crippen molar-refractivity contribution >= 4 is 0 Å². The molecule has 0 aromatic heterocycles. The minimum atomic E-state index is 0.667. The van der Waals surface area contributed by atoms with E-state index in [9.17, 15) is 0 Å². The molecule has 1 N–H and O–H groups in total. The van der Waals surface area contributed by atoms with Crippen LogP contribution in [0.25, 0.3) is 0 Å². The average Bonchev–Trinajstić information content (AvgIpc) is 2.00. The molecular weight excluding hydrogens is 170 g/mol. The molecule has 0 amide bonds. The lowest BCUT2D eigenvalue weighted by Crippen LogP contribution is -2.41. The van der Waals surface area contributed by atoms with Crippen LogP contribution in [0.5, 0.6) is 0 Å². The van der Waals surface area contributed by atoms with Gasteiger partial charge in [-0.2, -0.15) is 0 Å². The summed E-state index contributed by atoms with van der Waals surface area (Å²) in [4.78, 5) is 0. The van der Waals surface area contributed by atoms with Crippen LogP contribution in [0.1, 0.15) is 33.6 Å². The topological polar surface area (TPSA) is 12.0 Å². The summed E-state index contributed by atoms with van der Waals surface area (Å²) in [6.45, 7) is 9.04. The van der Waals surface area contributed by atoms with E-state index in [1.165, 1.54) is 31.5 Å². The van der Waals surface area contributed by atoms with Crippen molar-refractivity contribution in [1.29, 1.82) is 0 Å². The predicted molar refractivity (Wildman–Crippen MR) is 63.3 cm³/mol. The molecule has 0 spiro atoms. The second kappa shape index (κ2) is 6.02. The Labute approximate surface area is 88.3 Å². The first-order chi connectivity index (χ1) is 6.72. The summed E-state index contributed by atoms with van der Waals surface area (Å²) in [5.41, 5.74) is 1.51. The van der Waals surface area contributed by atoms with Gasteiger partial charge in [-0.1, -0.05) is 37.6 Å². The summed E-state index contributed by atoms with van der Waals surface area (Å²) >= 11 is 0. The smallest absolute Gasteiger partial charge is 0.000814 e. The Morgan fingerprint density at radius 3 is 2.57 bits per heavy atom. The van der Waals surface area contributed by atoms with Crippen LogP contribution in [0.3, 0.4) is 0 Å². The van der Waals surface area contributed by atoms with Crippen LogP contribution in [-0.4, -0.2) is 13.1 Å². The van der Waals surface area contributed by atoms with E-state index in [2.05, 4.69) is 44.3 Å². The highest BCUT2D eigenvalue weighted by atomic mass is 14.9. The Morgan fingerprint density at radius 2 is 2.14 bits per heavy atom. The molecule has 1 fully saturated rings. The van der Waals surface area contributed by atoms with Crippen molar-refractivity contribution in [2.75, 3.05) is 13.1 Å². The van der Waals surface area contributed by atoms with Gasteiger partial charge < -0.3 is 5.32 Å². The summed E-state index contributed by atoms with van der Waals surface area (Å²) in [6.07, 6.45) is 9.37. The molecule has 0 unspecified atom stereocenters. The van der Waals surface area contributed by atoms with E-state index < -0.39 is 0 Å². The predicted octanol–water partition coefficient (Wildman–Crippen LogP) is 3.14. The lowest BCUT2D eigenvalue weighted by atomic mass is 9.93. The van der Waals surface area contributed by atoms with Crippen molar-refractivity contribution in [3.63, 3.8) is 0 Å². The minimum Gasteiger partial charge on any atom is -0.316 e. The van der Waals surface area contributed by atoms with Crippen LogP contribution >= 0.6 is 0 Å². The summed E-state index contributed by atoms with van der Waals surface area (Å²) in [5, 5.41) is 3.32. The molecule has 0 bridgehead atoms. The summed E-state index contributed by atoms with van der Waals surface area (Å²) in [5.74, 6) is 1.59. The van der Waals surface area contributed by atoms with Crippen LogP contribution in [-0.2, 0) is 0 Å². The number of hydrogen-bond donors (Lipinski definition) is 1. The molecular formula is C13H23N. The van der Waals surface area contributed by atoms with Gasteiger partial charge >= 0.3 is 0 Å². The van der Waals surface area contributed by atoms with Gasteiger partial charge in [0.1, 0.15) is 0 Å². The van der Waals surface area contributed by atoms with E-state index in [1.807, 2.05) is 0 Å². The van der Waals surface area contributed by atoms with Crippen LogP contribution in [0.2, 0.25) is 0 Å². The van der Waals surface area contributed by atoms with Gasteiger partial charge in [-0.3, -0.25) is 0 Å². The first-order valence-corrected chi connectivity index (χ1v) is 5.76. The zero-order valence-corrected chi connectivity index (χ0v) is 9.72. The Bertz CT molecular complexity index is 209. The van der Waals surface area contributed by atoms with Gasteiger partial charge in [0.15, 0.2) is 0 Å². The van der Waals surface area contributed by atoms with Crippen LogP contribution in [0.4, 0.5) is 0 Å². The molecule has 1 aliphatic heterocycles. The van der Waals surface area contributed by atoms with Gasteiger partial charge in [0.05, 0.1) is 0 Å². The molecule has 80 valence electrons. The van der Waals surface area contributed by atoms with Crippen LogP contribution < -0.4 is 5.32 Å². The fourth-order valence-corrected chi connectivity index (χ4v) is 1.79. The number of allylic oxidation sites excluding steroid dienone is 4. The Kier molecular flexibility index (Phi) is 4.95. The minimum absolute atomic E-state index is 0.667. The molecule has 0 saturated carbocycles. The maximum Gasteiger partial charge on any atom is -0.000814 e. The second-order valence-electron chi connectivity index (χ2n) is 4.55. The van der Waals surface area contributed by atoms with Gasteiger partial charge in [0, 0.05) is 0 Å². The van der Waals surface area contributed by atoms with Gasteiger partial charge in [0.2, 0.25) is 0 Å². The van der Waals surface area contributed by atoms with Gasteiger partial charge in [0.25, 0.3) is 0 Å². The molecule has 0 aliphatic carbocycles. The molecule has 1 nitrogen and oxygen atoms in total. The normalized spacial score (nSPS) is 19.3. The third kappa shape index (κ3) is 4.10. The molecule has 1 aliphatic rings. The number of hydrogen-bond acceptors (Lipinski definition) is 1. The Balaban J connectivity index is 2.34. The van der Waals surface area contributed by atoms with Crippen molar-refractivity contribution in [3.8, 4) is 0 Å².